The fourth-order valence-electron chi connectivity index (χ4n) is 2.75. The van der Waals surface area contributed by atoms with Gasteiger partial charge in [0.25, 0.3) is 0 Å². The summed E-state index contributed by atoms with van der Waals surface area (Å²) in [7, 11) is 0. The maximum atomic E-state index is 11.7. The van der Waals surface area contributed by atoms with Crippen LogP contribution in [-0.4, -0.2) is 11.8 Å². The summed E-state index contributed by atoms with van der Waals surface area (Å²) in [6, 6.07) is 3.52. The van der Waals surface area contributed by atoms with Crippen molar-refractivity contribution in [3.63, 3.8) is 0 Å². The van der Waals surface area contributed by atoms with Gasteiger partial charge < -0.3 is 11.5 Å². The lowest BCUT2D eigenvalue weighted by molar-refractivity contribution is 0.0998. The summed E-state index contributed by atoms with van der Waals surface area (Å²) in [6.07, 6.45) is 3.63. The number of carbonyl (C=O) groups is 2. The first kappa shape index (κ1) is 12.6. The molecule has 4 heteroatoms. The average molecular weight is 246 g/mol. The molecule has 0 aromatic heterocycles. The highest BCUT2D eigenvalue weighted by Gasteiger charge is 2.23. The molecule has 18 heavy (non-hydrogen) atoms. The Morgan fingerprint density at radius 2 is 1.94 bits per heavy atom. The Labute approximate surface area is 106 Å². The molecule has 2 amide bonds. The normalized spacial score (nSPS) is 18.8. The molecule has 1 atom stereocenters. The van der Waals surface area contributed by atoms with Gasteiger partial charge in [0.1, 0.15) is 0 Å². The van der Waals surface area contributed by atoms with E-state index in [1.807, 2.05) is 0 Å². The lowest BCUT2D eigenvalue weighted by Crippen LogP contribution is -2.24. The predicted octanol–water partition coefficient (Wildman–Crippen LogP) is 1.40. The van der Waals surface area contributed by atoms with Gasteiger partial charge in [-0.2, -0.15) is 0 Å². The largest absolute Gasteiger partial charge is 0.366 e. The molecule has 0 saturated carbocycles. The Morgan fingerprint density at radius 1 is 1.22 bits per heavy atom. The zero-order valence-corrected chi connectivity index (χ0v) is 10.5. The molecule has 96 valence electrons. The molecular weight excluding hydrogens is 228 g/mol. The zero-order chi connectivity index (χ0) is 13.3. The topological polar surface area (TPSA) is 86.2 Å². The Hall–Kier alpha value is -1.84. The van der Waals surface area contributed by atoms with Crippen LogP contribution in [0.3, 0.4) is 0 Å². The van der Waals surface area contributed by atoms with Gasteiger partial charge >= 0.3 is 0 Å². The van der Waals surface area contributed by atoms with Crippen LogP contribution in [0.1, 0.15) is 51.6 Å². The summed E-state index contributed by atoms with van der Waals surface area (Å²) in [5.41, 5.74) is 13.5. The minimum absolute atomic E-state index is 0.428. The molecule has 0 radical (unpaired) electrons. The maximum Gasteiger partial charge on any atom is 0.249 e. The van der Waals surface area contributed by atoms with Crippen molar-refractivity contribution in [3.05, 3.63) is 34.4 Å². The fraction of sp³-hybridized carbons (Fsp3) is 0.429. The van der Waals surface area contributed by atoms with Gasteiger partial charge in [0.15, 0.2) is 0 Å². The Bertz CT molecular complexity index is 509. The number of aryl methyl sites for hydroxylation is 1. The summed E-state index contributed by atoms with van der Waals surface area (Å²) < 4.78 is 0. The summed E-state index contributed by atoms with van der Waals surface area (Å²) in [5, 5.41) is 0. The van der Waals surface area contributed by atoms with E-state index in [1.165, 1.54) is 0 Å². The van der Waals surface area contributed by atoms with Crippen LogP contribution in [0, 0.1) is 5.92 Å². The molecule has 0 spiro atoms. The van der Waals surface area contributed by atoms with Crippen LogP contribution in [0.15, 0.2) is 12.1 Å². The van der Waals surface area contributed by atoms with Crippen LogP contribution in [-0.2, 0) is 12.8 Å². The lowest BCUT2D eigenvalue weighted by Gasteiger charge is -2.22. The molecule has 4 N–H and O–H groups in total. The van der Waals surface area contributed by atoms with Crippen LogP contribution in [0.25, 0.3) is 0 Å². The van der Waals surface area contributed by atoms with Crippen LogP contribution in [0.5, 0.6) is 0 Å². The number of primary amides is 2. The van der Waals surface area contributed by atoms with E-state index in [0.29, 0.717) is 23.5 Å². The second-order valence-electron chi connectivity index (χ2n) is 5.06. The Kier molecular flexibility index (Phi) is 3.36. The molecule has 1 aliphatic carbocycles. The first-order valence-corrected chi connectivity index (χ1v) is 6.25. The lowest BCUT2D eigenvalue weighted by atomic mass is 9.83. The van der Waals surface area contributed by atoms with Crippen molar-refractivity contribution in [1.29, 1.82) is 0 Å². The average Bonchev–Trinajstić information content (AvgIpc) is 2.26. The van der Waals surface area contributed by atoms with Gasteiger partial charge in [-0.15, -0.1) is 0 Å². The minimum Gasteiger partial charge on any atom is -0.366 e. The first-order chi connectivity index (χ1) is 8.50. The molecule has 1 unspecified atom stereocenters. The third-order valence-electron chi connectivity index (χ3n) is 3.61. The van der Waals surface area contributed by atoms with Gasteiger partial charge in [0, 0.05) is 11.1 Å². The van der Waals surface area contributed by atoms with E-state index < -0.39 is 11.8 Å². The number of carbonyl (C=O) groups excluding carboxylic acids is 2. The number of amides is 2. The Morgan fingerprint density at radius 3 is 2.56 bits per heavy atom. The van der Waals surface area contributed by atoms with Crippen molar-refractivity contribution in [3.8, 4) is 0 Å². The van der Waals surface area contributed by atoms with E-state index in [-0.39, 0.29) is 0 Å². The molecule has 0 saturated heterocycles. The molecule has 0 aliphatic heterocycles. The highest BCUT2D eigenvalue weighted by atomic mass is 16.1. The van der Waals surface area contributed by atoms with Gasteiger partial charge in [-0.3, -0.25) is 9.59 Å². The Balaban J connectivity index is 2.67. The van der Waals surface area contributed by atoms with Crippen molar-refractivity contribution >= 4 is 11.8 Å². The molecule has 4 nitrogen and oxygen atoms in total. The second kappa shape index (κ2) is 4.80. The summed E-state index contributed by atoms with van der Waals surface area (Å²) >= 11 is 0. The summed E-state index contributed by atoms with van der Waals surface area (Å²) in [4.78, 5) is 23.1. The third-order valence-corrected chi connectivity index (χ3v) is 3.61. The predicted molar refractivity (Wildman–Crippen MR) is 69.3 cm³/mol. The molecule has 0 fully saturated rings. The van der Waals surface area contributed by atoms with Crippen LogP contribution >= 0.6 is 0 Å². The fourth-order valence-corrected chi connectivity index (χ4v) is 2.75. The number of nitrogens with two attached hydrogens (primary N) is 2. The number of benzene rings is 1. The van der Waals surface area contributed by atoms with Crippen molar-refractivity contribution in [2.75, 3.05) is 0 Å². The number of hydrogen-bond acceptors (Lipinski definition) is 2. The van der Waals surface area contributed by atoms with Crippen LogP contribution < -0.4 is 11.5 Å². The molecule has 2 rings (SSSR count). The zero-order valence-electron chi connectivity index (χ0n) is 10.5. The van der Waals surface area contributed by atoms with Gasteiger partial charge in [0.2, 0.25) is 11.8 Å². The van der Waals surface area contributed by atoms with Crippen LogP contribution in [0.2, 0.25) is 0 Å². The number of rotatable bonds is 2. The highest BCUT2D eigenvalue weighted by Crippen LogP contribution is 2.28. The molecule has 1 aromatic carbocycles. The number of hydrogen-bond donors (Lipinski definition) is 2. The van der Waals surface area contributed by atoms with Crippen molar-refractivity contribution in [2.24, 2.45) is 17.4 Å². The van der Waals surface area contributed by atoms with E-state index in [1.54, 1.807) is 12.1 Å². The van der Waals surface area contributed by atoms with Crippen molar-refractivity contribution in [1.82, 2.24) is 0 Å². The van der Waals surface area contributed by atoms with E-state index in [0.717, 1.165) is 30.4 Å². The smallest absolute Gasteiger partial charge is 0.249 e. The highest BCUT2D eigenvalue weighted by molar-refractivity contribution is 6.02. The molecule has 0 heterocycles. The van der Waals surface area contributed by atoms with Crippen molar-refractivity contribution < 1.29 is 9.59 Å². The quantitative estimate of drug-likeness (QED) is 0.826. The third kappa shape index (κ3) is 2.23. The molecular formula is C14H18N2O2. The summed E-state index contributed by atoms with van der Waals surface area (Å²) in [5.74, 6) is -0.527. The van der Waals surface area contributed by atoms with Crippen LogP contribution in [0.4, 0.5) is 0 Å². The first-order valence-electron chi connectivity index (χ1n) is 6.25. The SMILES string of the molecule is CC1CCCc2ccc(C(N)=O)c(c2C(N)=O)C1. The summed E-state index contributed by atoms with van der Waals surface area (Å²) in [6.45, 7) is 2.12. The molecule has 2 bridgehead atoms. The second-order valence-corrected chi connectivity index (χ2v) is 5.06. The van der Waals surface area contributed by atoms with E-state index >= 15 is 0 Å². The number of fused-ring (bicyclic) bond motifs is 2. The monoisotopic (exact) mass is 246 g/mol. The van der Waals surface area contributed by atoms with Gasteiger partial charge in [-0.1, -0.05) is 19.4 Å². The van der Waals surface area contributed by atoms with E-state index in [9.17, 15) is 9.59 Å². The van der Waals surface area contributed by atoms with Crippen molar-refractivity contribution in [2.45, 2.75) is 32.6 Å². The van der Waals surface area contributed by atoms with Gasteiger partial charge in [0.05, 0.1) is 0 Å². The van der Waals surface area contributed by atoms with E-state index in [2.05, 4.69) is 6.92 Å². The minimum atomic E-state index is -0.494. The molecule has 1 aromatic rings. The van der Waals surface area contributed by atoms with E-state index in [4.69, 9.17) is 11.5 Å². The van der Waals surface area contributed by atoms with Gasteiger partial charge in [-0.25, -0.2) is 0 Å². The maximum absolute atomic E-state index is 11.7. The molecule has 1 aliphatic rings. The standard InChI is InChI=1S/C14H18N2O2/c1-8-3-2-4-9-5-6-10(13(15)17)11(7-8)12(9)14(16)18/h5-6,8H,2-4,7H2,1H3,(H2,15,17)(H2,16,18). The van der Waals surface area contributed by atoms with Gasteiger partial charge in [-0.05, 0) is 42.4 Å².